The molecular formula is C17H21ClN2O5. The van der Waals surface area contributed by atoms with Gasteiger partial charge in [0.1, 0.15) is 6.04 Å². The minimum Gasteiger partial charge on any atom is -0.461 e. The fourth-order valence-corrected chi connectivity index (χ4v) is 2.10. The summed E-state index contributed by atoms with van der Waals surface area (Å²) < 4.78 is 5.06. The number of benzene rings is 1. The molecular weight excluding hydrogens is 348 g/mol. The lowest BCUT2D eigenvalue weighted by Crippen LogP contribution is -2.44. The van der Waals surface area contributed by atoms with E-state index in [1.807, 2.05) is 0 Å². The summed E-state index contributed by atoms with van der Waals surface area (Å²) in [7, 11) is 0. The van der Waals surface area contributed by atoms with E-state index in [4.69, 9.17) is 21.7 Å². The molecule has 25 heavy (non-hydrogen) atoms. The molecule has 0 spiro atoms. The van der Waals surface area contributed by atoms with E-state index >= 15 is 0 Å². The first-order valence-corrected chi connectivity index (χ1v) is 8.10. The van der Waals surface area contributed by atoms with Gasteiger partial charge in [-0.3, -0.25) is 9.59 Å². The topological polar surface area (TPSA) is 117 Å². The lowest BCUT2D eigenvalue weighted by atomic mass is 10.1. The molecule has 1 amide bonds. The predicted molar refractivity (Wildman–Crippen MR) is 92.6 cm³/mol. The van der Waals surface area contributed by atoms with Gasteiger partial charge in [-0.25, -0.2) is 4.79 Å². The Morgan fingerprint density at radius 3 is 2.40 bits per heavy atom. The molecule has 0 aromatic heterocycles. The molecule has 0 radical (unpaired) electrons. The minimum atomic E-state index is -1.50. The Bertz CT molecular complexity index is 630. The molecule has 0 aliphatic rings. The van der Waals surface area contributed by atoms with E-state index in [0.29, 0.717) is 16.8 Å². The summed E-state index contributed by atoms with van der Waals surface area (Å²) in [5.41, 5.74) is 0.313. The first-order chi connectivity index (χ1) is 11.7. The number of hydrogen-bond donors (Lipinski definition) is 3. The zero-order valence-electron chi connectivity index (χ0n) is 14.0. The van der Waals surface area contributed by atoms with Crippen LogP contribution in [-0.4, -0.2) is 41.1 Å². The highest BCUT2D eigenvalue weighted by Gasteiger charge is 2.27. The highest BCUT2D eigenvalue weighted by atomic mass is 35.5. The summed E-state index contributed by atoms with van der Waals surface area (Å²) in [5.74, 6) is -1.98. The molecule has 0 saturated heterocycles. The number of amides is 1. The van der Waals surface area contributed by atoms with Gasteiger partial charge in [0.25, 0.3) is 5.91 Å². The fourth-order valence-electron chi connectivity index (χ4n) is 1.97. The number of nitrogens with one attached hydrogen (secondary N) is 2. The summed E-state index contributed by atoms with van der Waals surface area (Å²) in [6.07, 6.45) is -1.37. The van der Waals surface area contributed by atoms with Crippen LogP contribution in [0.4, 0.5) is 0 Å². The van der Waals surface area contributed by atoms with Crippen molar-refractivity contribution in [2.75, 3.05) is 0 Å². The summed E-state index contributed by atoms with van der Waals surface area (Å²) >= 11 is 5.76. The standard InChI is InChI=1S/C17H21ClN2O5/c1-10(2)25-17(24)14(8-7-13(21)9-19)20-16(23)15(22)11-3-5-12(18)6-4-11/h3-6,9-10,14-15,19,22H,7-8H2,1-2H3,(H,20,23)/t14-,15-/m0/s1. The van der Waals surface area contributed by atoms with Gasteiger partial charge in [0.2, 0.25) is 0 Å². The smallest absolute Gasteiger partial charge is 0.328 e. The first kappa shape index (κ1) is 20.8. The van der Waals surface area contributed by atoms with Gasteiger partial charge in [0, 0.05) is 11.4 Å². The Morgan fingerprint density at radius 1 is 1.28 bits per heavy atom. The molecule has 2 atom stereocenters. The first-order valence-electron chi connectivity index (χ1n) is 7.72. The van der Waals surface area contributed by atoms with Crippen molar-refractivity contribution < 1.29 is 24.2 Å². The lowest BCUT2D eigenvalue weighted by molar-refractivity contribution is -0.152. The van der Waals surface area contributed by atoms with Crippen LogP contribution < -0.4 is 5.32 Å². The molecule has 1 aromatic rings. The Hall–Kier alpha value is -2.25. The zero-order chi connectivity index (χ0) is 19.0. The Labute approximate surface area is 150 Å². The number of halogens is 1. The van der Waals surface area contributed by atoms with E-state index in [1.54, 1.807) is 13.8 Å². The maximum atomic E-state index is 12.2. The predicted octanol–water partition coefficient (Wildman–Crippen LogP) is 1.81. The molecule has 1 rings (SSSR count). The Morgan fingerprint density at radius 2 is 1.88 bits per heavy atom. The highest BCUT2D eigenvalue weighted by molar-refractivity contribution is 6.30. The number of aliphatic hydroxyl groups excluding tert-OH is 1. The average molecular weight is 369 g/mol. The molecule has 1 aromatic carbocycles. The van der Waals surface area contributed by atoms with Crippen LogP contribution in [0.25, 0.3) is 0 Å². The molecule has 0 aliphatic carbocycles. The van der Waals surface area contributed by atoms with Gasteiger partial charge in [-0.15, -0.1) is 0 Å². The average Bonchev–Trinajstić information content (AvgIpc) is 2.57. The SMILES string of the molecule is CC(C)OC(=O)[C@H](CCC(=O)C=N)NC(=O)[C@@H](O)c1ccc(Cl)cc1. The van der Waals surface area contributed by atoms with Gasteiger partial charge in [-0.2, -0.15) is 0 Å². The van der Waals surface area contributed by atoms with Crippen molar-refractivity contribution >= 4 is 35.5 Å². The van der Waals surface area contributed by atoms with E-state index < -0.39 is 35.9 Å². The largest absolute Gasteiger partial charge is 0.461 e. The second kappa shape index (κ2) is 9.90. The van der Waals surface area contributed by atoms with E-state index in [1.165, 1.54) is 24.3 Å². The number of ketones is 1. The van der Waals surface area contributed by atoms with Crippen molar-refractivity contribution in [3.05, 3.63) is 34.9 Å². The number of esters is 1. The van der Waals surface area contributed by atoms with Crippen molar-refractivity contribution in [3.63, 3.8) is 0 Å². The Kier molecular flexibility index (Phi) is 8.24. The monoisotopic (exact) mass is 368 g/mol. The number of carbonyl (C=O) groups is 3. The number of aliphatic hydroxyl groups is 1. The number of Topliss-reactive ketones (excluding diaryl/α,β-unsaturated/α-hetero) is 1. The van der Waals surface area contributed by atoms with Crippen LogP contribution in [0.15, 0.2) is 24.3 Å². The molecule has 0 saturated carbocycles. The normalized spacial score (nSPS) is 13.0. The van der Waals surface area contributed by atoms with Gasteiger partial charge in [0.05, 0.1) is 12.3 Å². The van der Waals surface area contributed by atoms with Gasteiger partial charge in [0.15, 0.2) is 11.9 Å². The lowest BCUT2D eigenvalue weighted by Gasteiger charge is -2.20. The minimum absolute atomic E-state index is 0.0289. The zero-order valence-corrected chi connectivity index (χ0v) is 14.7. The number of hydrogen-bond acceptors (Lipinski definition) is 6. The summed E-state index contributed by atoms with van der Waals surface area (Å²) in [6, 6.07) is 4.95. The van der Waals surface area contributed by atoms with Crippen molar-refractivity contribution in [3.8, 4) is 0 Å². The highest BCUT2D eigenvalue weighted by Crippen LogP contribution is 2.17. The molecule has 7 nitrogen and oxygen atoms in total. The maximum Gasteiger partial charge on any atom is 0.328 e. The number of carbonyl (C=O) groups excluding carboxylic acids is 3. The molecule has 0 unspecified atom stereocenters. The van der Waals surface area contributed by atoms with Crippen molar-refractivity contribution in [1.29, 1.82) is 5.41 Å². The van der Waals surface area contributed by atoms with Gasteiger partial charge in [-0.1, -0.05) is 23.7 Å². The fraction of sp³-hybridized carbons (Fsp3) is 0.412. The quantitative estimate of drug-likeness (QED) is 0.454. The number of rotatable bonds is 9. The van der Waals surface area contributed by atoms with Crippen LogP contribution in [0.1, 0.15) is 38.4 Å². The summed E-state index contributed by atoms with van der Waals surface area (Å²) in [4.78, 5) is 35.6. The van der Waals surface area contributed by atoms with Gasteiger partial charge in [-0.05, 0) is 38.0 Å². The molecule has 0 fully saturated rings. The van der Waals surface area contributed by atoms with E-state index in [2.05, 4.69) is 5.32 Å². The van der Waals surface area contributed by atoms with Gasteiger partial charge >= 0.3 is 5.97 Å². The van der Waals surface area contributed by atoms with Gasteiger partial charge < -0.3 is 20.6 Å². The molecule has 3 N–H and O–H groups in total. The van der Waals surface area contributed by atoms with Crippen molar-refractivity contribution in [2.45, 2.75) is 44.9 Å². The van der Waals surface area contributed by atoms with Crippen LogP contribution >= 0.6 is 11.6 Å². The van der Waals surface area contributed by atoms with E-state index in [-0.39, 0.29) is 12.8 Å². The summed E-state index contributed by atoms with van der Waals surface area (Å²) in [5, 5.41) is 19.8. The van der Waals surface area contributed by atoms with Crippen LogP contribution in [0.2, 0.25) is 5.02 Å². The second-order valence-corrected chi connectivity index (χ2v) is 6.09. The number of ether oxygens (including phenoxy) is 1. The van der Waals surface area contributed by atoms with Crippen LogP contribution in [0, 0.1) is 5.41 Å². The van der Waals surface area contributed by atoms with E-state index in [9.17, 15) is 19.5 Å². The molecule has 8 heteroatoms. The van der Waals surface area contributed by atoms with Crippen LogP contribution in [-0.2, 0) is 19.1 Å². The van der Waals surface area contributed by atoms with E-state index in [0.717, 1.165) is 0 Å². The third-order valence-corrected chi connectivity index (χ3v) is 3.48. The molecule has 0 aliphatic heterocycles. The Balaban J connectivity index is 2.81. The maximum absolute atomic E-state index is 12.2. The third kappa shape index (κ3) is 7.03. The summed E-state index contributed by atoms with van der Waals surface area (Å²) in [6.45, 7) is 3.31. The third-order valence-electron chi connectivity index (χ3n) is 3.23. The van der Waals surface area contributed by atoms with Crippen LogP contribution in [0.5, 0.6) is 0 Å². The molecule has 136 valence electrons. The van der Waals surface area contributed by atoms with Crippen molar-refractivity contribution in [1.82, 2.24) is 5.32 Å². The van der Waals surface area contributed by atoms with Crippen LogP contribution in [0.3, 0.4) is 0 Å². The molecule has 0 bridgehead atoms. The molecule has 0 heterocycles. The van der Waals surface area contributed by atoms with Crippen molar-refractivity contribution in [2.24, 2.45) is 0 Å². The second-order valence-electron chi connectivity index (χ2n) is 5.65.